The summed E-state index contributed by atoms with van der Waals surface area (Å²) >= 11 is 6.26. The summed E-state index contributed by atoms with van der Waals surface area (Å²) < 4.78 is 17.5. The first kappa shape index (κ1) is 24.6. The monoisotopic (exact) mass is 445 g/mol. The Hall–Kier alpha value is -2.66. The van der Waals surface area contributed by atoms with Crippen molar-refractivity contribution in [1.82, 2.24) is 0 Å². The molecule has 0 aromatic heterocycles. The molecule has 0 amide bonds. The Morgan fingerprint density at radius 3 is 2.29 bits per heavy atom. The molecule has 0 saturated carbocycles. The van der Waals surface area contributed by atoms with Gasteiger partial charge in [0.2, 0.25) is 0 Å². The summed E-state index contributed by atoms with van der Waals surface area (Å²) in [4.78, 5) is 4.67. The predicted molar refractivity (Wildman–Crippen MR) is 127 cm³/mol. The maximum Gasteiger partial charge on any atom is 0.137 e. The first-order valence-corrected chi connectivity index (χ1v) is 10.9. The molecule has 168 valence electrons. The number of unbranched alkanes of at least 4 members (excludes halogenated alkanes) is 2. The summed E-state index contributed by atoms with van der Waals surface area (Å²) in [6.45, 7) is 7.95. The zero-order chi connectivity index (χ0) is 22.5. The Kier molecular flexibility index (Phi) is 10.8. The van der Waals surface area contributed by atoms with Crippen LogP contribution in [-0.2, 0) is 4.84 Å². The van der Waals surface area contributed by atoms with Crippen molar-refractivity contribution in [3.63, 3.8) is 0 Å². The van der Waals surface area contributed by atoms with Crippen LogP contribution in [0, 0.1) is 13.8 Å². The van der Waals surface area contributed by atoms with Crippen LogP contribution >= 0.6 is 11.6 Å². The fourth-order valence-corrected chi connectivity index (χ4v) is 3.27. The van der Waals surface area contributed by atoms with E-state index in [-0.39, 0.29) is 0 Å². The third kappa shape index (κ3) is 8.54. The normalized spacial score (nSPS) is 11.3. The topological polar surface area (TPSA) is 49.3 Å². The molecule has 2 rings (SSSR count). The van der Waals surface area contributed by atoms with Crippen LogP contribution < -0.4 is 14.2 Å². The van der Waals surface area contributed by atoms with Gasteiger partial charge in [0.05, 0.1) is 24.5 Å². The molecule has 0 spiro atoms. The first-order valence-electron chi connectivity index (χ1n) is 10.5. The van der Waals surface area contributed by atoms with Crippen LogP contribution in [0.4, 0.5) is 0 Å². The van der Waals surface area contributed by atoms with Crippen molar-refractivity contribution in [3.05, 3.63) is 64.2 Å². The van der Waals surface area contributed by atoms with Gasteiger partial charge in [-0.1, -0.05) is 28.9 Å². The number of nitrogens with zero attached hydrogens (tertiary/aromatic N) is 1. The fraction of sp³-hybridized carbons (Fsp3) is 0.400. The molecule has 0 heterocycles. The minimum atomic E-state index is 0.562. The minimum absolute atomic E-state index is 0.562. The molecule has 6 heteroatoms. The molecule has 5 nitrogen and oxygen atoms in total. The highest BCUT2D eigenvalue weighted by Crippen LogP contribution is 2.29. The maximum absolute atomic E-state index is 6.26. The Bertz CT molecular complexity index is 857. The third-order valence-electron chi connectivity index (χ3n) is 4.57. The van der Waals surface area contributed by atoms with Gasteiger partial charge in [-0.15, -0.1) is 0 Å². The maximum atomic E-state index is 6.26. The van der Waals surface area contributed by atoms with Crippen molar-refractivity contribution in [2.45, 2.75) is 40.0 Å². The number of ether oxygens (including phenoxy) is 3. The second kappa shape index (κ2) is 13.6. The summed E-state index contributed by atoms with van der Waals surface area (Å²) in [7, 11) is 1.50. The van der Waals surface area contributed by atoms with Gasteiger partial charge in [0.1, 0.15) is 31.0 Å². The van der Waals surface area contributed by atoms with Crippen LogP contribution in [0.5, 0.6) is 17.2 Å². The average molecular weight is 446 g/mol. The predicted octanol–water partition coefficient (Wildman–Crippen LogP) is 6.52. The number of hydrogen-bond acceptors (Lipinski definition) is 5. The lowest BCUT2D eigenvalue weighted by Crippen LogP contribution is -2.03. The van der Waals surface area contributed by atoms with E-state index in [2.05, 4.69) is 23.8 Å². The highest BCUT2D eigenvalue weighted by Gasteiger charge is 2.07. The summed E-state index contributed by atoms with van der Waals surface area (Å²) in [5.74, 6) is 2.49. The molecule has 2 aromatic rings. The summed E-state index contributed by atoms with van der Waals surface area (Å²) in [6, 6.07) is 9.58. The minimum Gasteiger partial charge on any atom is -0.493 e. The van der Waals surface area contributed by atoms with Gasteiger partial charge in [-0.25, -0.2) is 0 Å². The van der Waals surface area contributed by atoms with E-state index in [1.165, 1.54) is 7.11 Å². The molecule has 0 radical (unpaired) electrons. The Morgan fingerprint density at radius 1 is 0.935 bits per heavy atom. The smallest absolute Gasteiger partial charge is 0.137 e. The Balaban J connectivity index is 1.69. The SMILES string of the molecule is C/C=C/COc1cc(C)c(OCCCCCOc2ccc(/C=N/OC)cc2Cl)c(C)c1. The van der Waals surface area contributed by atoms with E-state index in [4.69, 9.17) is 25.8 Å². The van der Waals surface area contributed by atoms with E-state index in [1.54, 1.807) is 12.3 Å². The second-order valence-corrected chi connectivity index (χ2v) is 7.54. The number of benzene rings is 2. The van der Waals surface area contributed by atoms with Crippen LogP contribution in [0.1, 0.15) is 42.9 Å². The summed E-state index contributed by atoms with van der Waals surface area (Å²) in [6.07, 6.45) is 8.47. The van der Waals surface area contributed by atoms with E-state index in [9.17, 15) is 0 Å². The first-order chi connectivity index (χ1) is 15.0. The lowest BCUT2D eigenvalue weighted by Gasteiger charge is -2.14. The van der Waals surface area contributed by atoms with Crippen LogP contribution in [0.15, 0.2) is 47.6 Å². The Morgan fingerprint density at radius 2 is 1.65 bits per heavy atom. The number of hydrogen-bond donors (Lipinski definition) is 0. The number of allylic oxidation sites excluding steroid dienone is 1. The van der Waals surface area contributed by atoms with E-state index in [0.29, 0.717) is 30.6 Å². The lowest BCUT2D eigenvalue weighted by molar-refractivity contribution is 0.215. The van der Waals surface area contributed by atoms with Gasteiger partial charge in [0, 0.05) is 0 Å². The van der Waals surface area contributed by atoms with Gasteiger partial charge >= 0.3 is 0 Å². The molecule has 2 aromatic carbocycles. The number of rotatable bonds is 13. The number of oxime groups is 1. The van der Waals surface area contributed by atoms with Crippen molar-refractivity contribution >= 4 is 17.8 Å². The molecule has 0 aliphatic rings. The van der Waals surface area contributed by atoms with Gasteiger partial charge in [-0.3, -0.25) is 0 Å². The van der Waals surface area contributed by atoms with Crippen LogP contribution in [-0.4, -0.2) is 33.1 Å². The summed E-state index contributed by atoms with van der Waals surface area (Å²) in [5, 5.41) is 4.29. The Labute approximate surface area is 190 Å². The van der Waals surface area contributed by atoms with Gasteiger partial charge < -0.3 is 19.0 Å². The van der Waals surface area contributed by atoms with Crippen LogP contribution in [0.3, 0.4) is 0 Å². The standard InChI is InChI=1S/C25H32ClNO4/c1-5-6-12-29-22-15-19(2)25(20(3)16-22)31-14-9-7-8-13-30-24-11-10-21(17-23(24)26)18-27-28-4/h5-6,10-11,15-18H,7-9,12-14H2,1-4H3/b6-5+,27-18+. The van der Waals surface area contributed by atoms with E-state index < -0.39 is 0 Å². The van der Waals surface area contributed by atoms with Gasteiger partial charge in [0.15, 0.2) is 0 Å². The van der Waals surface area contributed by atoms with Gasteiger partial charge in [-0.05, 0) is 87.1 Å². The van der Waals surface area contributed by atoms with E-state index in [1.807, 2.05) is 43.3 Å². The lowest BCUT2D eigenvalue weighted by atomic mass is 10.1. The molecular formula is C25H32ClNO4. The van der Waals surface area contributed by atoms with Crippen LogP contribution in [0.2, 0.25) is 5.02 Å². The van der Waals surface area contributed by atoms with Crippen LogP contribution in [0.25, 0.3) is 0 Å². The largest absolute Gasteiger partial charge is 0.493 e. The molecule has 0 unspecified atom stereocenters. The zero-order valence-electron chi connectivity index (χ0n) is 18.8. The highest BCUT2D eigenvalue weighted by molar-refractivity contribution is 6.32. The molecule has 31 heavy (non-hydrogen) atoms. The number of halogens is 1. The molecule has 0 fully saturated rings. The van der Waals surface area contributed by atoms with Gasteiger partial charge in [0.25, 0.3) is 0 Å². The van der Waals surface area contributed by atoms with E-state index >= 15 is 0 Å². The third-order valence-corrected chi connectivity index (χ3v) is 4.87. The molecule has 0 N–H and O–H groups in total. The fourth-order valence-electron chi connectivity index (χ4n) is 3.03. The number of aryl methyl sites for hydroxylation is 2. The second-order valence-electron chi connectivity index (χ2n) is 7.13. The average Bonchev–Trinajstić information content (AvgIpc) is 2.74. The molecule has 0 saturated heterocycles. The summed E-state index contributed by atoms with van der Waals surface area (Å²) in [5.41, 5.74) is 3.04. The van der Waals surface area contributed by atoms with Gasteiger partial charge in [-0.2, -0.15) is 0 Å². The van der Waals surface area contributed by atoms with Crippen molar-refractivity contribution < 1.29 is 19.0 Å². The quantitative estimate of drug-likeness (QED) is 0.152. The van der Waals surface area contributed by atoms with Crippen molar-refractivity contribution in [2.24, 2.45) is 5.16 Å². The molecular weight excluding hydrogens is 414 g/mol. The molecule has 0 bridgehead atoms. The van der Waals surface area contributed by atoms with Crippen molar-refractivity contribution in [1.29, 1.82) is 0 Å². The van der Waals surface area contributed by atoms with Crippen molar-refractivity contribution in [2.75, 3.05) is 26.9 Å². The molecule has 0 atom stereocenters. The van der Waals surface area contributed by atoms with E-state index in [0.717, 1.165) is 47.5 Å². The molecule has 0 aliphatic carbocycles. The molecule has 0 aliphatic heterocycles. The van der Waals surface area contributed by atoms with Crippen molar-refractivity contribution in [3.8, 4) is 17.2 Å². The highest BCUT2D eigenvalue weighted by atomic mass is 35.5. The zero-order valence-corrected chi connectivity index (χ0v) is 19.6.